The number of thioether (sulfide) groups is 1. The standard InChI is InChI=1S/C39H43F2N5O7S/c1-23(2)35(42)36(48)54-22-34(47)44-16-5-4-6-18-52-33-21-29-27(20-32(33)51-3)30(13-17-43-29)53-31-12-11-26(19-28(31)41)46-38(50)39(14-15-39)37(49)45-25-9-7-24(40)8-10-25/h7-13,17,19-21,23,35H,4-6,14-16,18,22,42H2,1-3H3,(H,44,47)(H,45,49)(H,46,50)/t35-/m0/s1. The van der Waals surface area contributed by atoms with Crippen LogP contribution in [0.15, 0.2) is 66.9 Å². The molecule has 1 atom stereocenters. The largest absolute Gasteiger partial charge is 0.493 e. The monoisotopic (exact) mass is 763 g/mol. The predicted molar refractivity (Wildman–Crippen MR) is 203 cm³/mol. The normalized spacial score (nSPS) is 13.5. The molecule has 0 aliphatic heterocycles. The Bertz CT molecular complexity index is 1990. The second kappa shape index (κ2) is 18.2. The topological polar surface area (TPSA) is 171 Å². The molecule has 5 N–H and O–H groups in total. The number of fused-ring (bicyclic) bond motifs is 1. The maximum Gasteiger partial charge on any atom is 0.240 e. The molecule has 1 saturated carbocycles. The Hall–Kier alpha value is -5.28. The highest BCUT2D eigenvalue weighted by Crippen LogP contribution is 2.48. The number of nitrogens with two attached hydrogens (primary N) is 1. The zero-order chi connectivity index (χ0) is 38.8. The van der Waals surface area contributed by atoms with Gasteiger partial charge in [0.15, 0.2) is 23.1 Å². The second-order valence-electron chi connectivity index (χ2n) is 13.2. The molecule has 54 heavy (non-hydrogen) atoms. The number of hydrogen-bond donors (Lipinski definition) is 4. The summed E-state index contributed by atoms with van der Waals surface area (Å²) in [4.78, 5) is 54.4. The van der Waals surface area contributed by atoms with E-state index >= 15 is 4.39 Å². The van der Waals surface area contributed by atoms with E-state index in [4.69, 9.17) is 19.9 Å². The summed E-state index contributed by atoms with van der Waals surface area (Å²) in [6.45, 7) is 4.59. The van der Waals surface area contributed by atoms with Crippen molar-refractivity contribution < 1.29 is 42.2 Å². The predicted octanol–water partition coefficient (Wildman–Crippen LogP) is 6.58. The minimum atomic E-state index is -1.30. The molecule has 3 amide bonds. The van der Waals surface area contributed by atoms with Gasteiger partial charge in [0.2, 0.25) is 22.8 Å². The van der Waals surface area contributed by atoms with Crippen molar-refractivity contribution in [3.05, 3.63) is 78.5 Å². The molecule has 286 valence electrons. The first-order chi connectivity index (χ1) is 25.9. The molecule has 0 bridgehead atoms. The van der Waals surface area contributed by atoms with E-state index in [9.17, 15) is 23.6 Å². The molecule has 1 fully saturated rings. The zero-order valence-electron chi connectivity index (χ0n) is 30.2. The molecular formula is C39H43F2N5O7S. The van der Waals surface area contributed by atoms with Gasteiger partial charge in [0.05, 0.1) is 31.0 Å². The number of benzene rings is 3. The first-order valence-electron chi connectivity index (χ1n) is 17.5. The van der Waals surface area contributed by atoms with Crippen LogP contribution in [0.4, 0.5) is 20.2 Å². The van der Waals surface area contributed by atoms with Gasteiger partial charge in [-0.2, -0.15) is 0 Å². The number of hydrogen-bond acceptors (Lipinski definition) is 10. The van der Waals surface area contributed by atoms with E-state index in [1.54, 1.807) is 18.2 Å². The van der Waals surface area contributed by atoms with Crippen LogP contribution >= 0.6 is 11.8 Å². The lowest BCUT2D eigenvalue weighted by Gasteiger charge is -2.16. The lowest BCUT2D eigenvalue weighted by atomic mass is 10.0. The van der Waals surface area contributed by atoms with Gasteiger partial charge < -0.3 is 35.9 Å². The molecule has 1 aromatic heterocycles. The molecule has 0 spiro atoms. The zero-order valence-corrected chi connectivity index (χ0v) is 31.0. The van der Waals surface area contributed by atoms with Crippen molar-refractivity contribution in [3.63, 3.8) is 0 Å². The summed E-state index contributed by atoms with van der Waals surface area (Å²) in [7, 11) is 1.50. The number of ether oxygens (including phenoxy) is 3. The van der Waals surface area contributed by atoms with Crippen LogP contribution < -0.4 is 35.9 Å². The Kier molecular flexibility index (Phi) is 13.4. The van der Waals surface area contributed by atoms with Gasteiger partial charge in [-0.1, -0.05) is 25.6 Å². The molecular weight excluding hydrogens is 721 g/mol. The van der Waals surface area contributed by atoms with Crippen LogP contribution in [-0.2, 0) is 19.2 Å². The molecule has 1 aliphatic rings. The van der Waals surface area contributed by atoms with Crippen molar-refractivity contribution in [2.24, 2.45) is 17.1 Å². The Morgan fingerprint density at radius 1 is 0.870 bits per heavy atom. The van der Waals surface area contributed by atoms with E-state index in [2.05, 4.69) is 20.9 Å². The second-order valence-corrected chi connectivity index (χ2v) is 14.2. The van der Waals surface area contributed by atoms with E-state index in [-0.39, 0.29) is 34.1 Å². The fourth-order valence-electron chi connectivity index (χ4n) is 5.36. The lowest BCUT2D eigenvalue weighted by Crippen LogP contribution is -2.35. The average molecular weight is 764 g/mol. The summed E-state index contributed by atoms with van der Waals surface area (Å²) < 4.78 is 46.0. The number of pyridine rings is 1. The first kappa shape index (κ1) is 39.9. The van der Waals surface area contributed by atoms with Crippen LogP contribution in [0, 0.1) is 23.0 Å². The third-order valence-electron chi connectivity index (χ3n) is 8.85. The van der Waals surface area contributed by atoms with Gasteiger partial charge in [0, 0.05) is 41.6 Å². The smallest absolute Gasteiger partial charge is 0.240 e. The minimum Gasteiger partial charge on any atom is -0.493 e. The molecule has 3 aromatic carbocycles. The minimum absolute atomic E-state index is 0.0151. The van der Waals surface area contributed by atoms with Gasteiger partial charge in [-0.3, -0.25) is 24.2 Å². The number of carbonyl (C=O) groups excluding carboxylic acids is 4. The highest BCUT2D eigenvalue weighted by Gasteiger charge is 2.56. The number of rotatable bonds is 18. The SMILES string of the molecule is COc1cc2c(Oc3ccc(NC(=O)C4(C(=O)Nc5ccc(F)cc5)CC4)cc3F)ccnc2cc1OCCCCCNC(=O)CSC(=O)[C@@H](N)C(C)C. The van der Waals surface area contributed by atoms with Gasteiger partial charge in [-0.25, -0.2) is 8.78 Å². The summed E-state index contributed by atoms with van der Waals surface area (Å²) >= 11 is 0.935. The van der Waals surface area contributed by atoms with Crippen LogP contribution in [0.5, 0.6) is 23.0 Å². The fraction of sp³-hybridized carbons (Fsp3) is 0.359. The number of amides is 3. The first-order valence-corrected chi connectivity index (χ1v) is 18.5. The van der Waals surface area contributed by atoms with E-state index in [1.165, 1.54) is 49.7 Å². The number of halogens is 2. The molecule has 15 heteroatoms. The Balaban J connectivity index is 1.11. The van der Waals surface area contributed by atoms with Crippen LogP contribution in [-0.4, -0.2) is 59.9 Å². The van der Waals surface area contributed by atoms with Gasteiger partial charge in [-0.15, -0.1) is 0 Å². The average Bonchev–Trinajstić information content (AvgIpc) is 3.97. The van der Waals surface area contributed by atoms with E-state index in [1.807, 2.05) is 13.8 Å². The molecule has 0 saturated heterocycles. The number of anilines is 2. The summed E-state index contributed by atoms with van der Waals surface area (Å²) in [6, 6.07) is 13.6. The van der Waals surface area contributed by atoms with Gasteiger partial charge in [0.25, 0.3) is 0 Å². The quantitative estimate of drug-likeness (QED) is 0.0641. The number of nitrogens with one attached hydrogen (secondary N) is 3. The molecule has 1 aliphatic carbocycles. The van der Waals surface area contributed by atoms with E-state index in [0.717, 1.165) is 30.7 Å². The van der Waals surface area contributed by atoms with Crippen LogP contribution in [0.1, 0.15) is 46.0 Å². The number of unbranched alkanes of at least 4 members (excludes halogenated alkanes) is 2. The lowest BCUT2D eigenvalue weighted by molar-refractivity contribution is -0.131. The summed E-state index contributed by atoms with van der Waals surface area (Å²) in [6.07, 6.45) is 4.40. The molecule has 0 unspecified atom stereocenters. The summed E-state index contributed by atoms with van der Waals surface area (Å²) in [5.41, 5.74) is 5.55. The highest BCUT2D eigenvalue weighted by atomic mass is 32.2. The van der Waals surface area contributed by atoms with Crippen molar-refractivity contribution in [2.75, 3.05) is 36.6 Å². The molecule has 4 aromatic rings. The summed E-state index contributed by atoms with van der Waals surface area (Å²) in [5.74, 6) is -1.35. The molecule has 12 nitrogen and oxygen atoms in total. The van der Waals surface area contributed by atoms with Crippen molar-refractivity contribution >= 4 is 56.9 Å². The van der Waals surface area contributed by atoms with Crippen molar-refractivity contribution in [1.29, 1.82) is 0 Å². The van der Waals surface area contributed by atoms with Crippen molar-refractivity contribution in [2.45, 2.75) is 52.0 Å². The Morgan fingerprint density at radius 2 is 1.57 bits per heavy atom. The van der Waals surface area contributed by atoms with E-state index < -0.39 is 34.9 Å². The van der Waals surface area contributed by atoms with Crippen molar-refractivity contribution in [3.8, 4) is 23.0 Å². The van der Waals surface area contributed by atoms with Crippen LogP contribution in [0.2, 0.25) is 0 Å². The molecule has 5 rings (SSSR count). The third-order valence-corrected chi connectivity index (χ3v) is 9.82. The Morgan fingerprint density at radius 3 is 2.24 bits per heavy atom. The number of nitrogens with zero attached hydrogens (tertiary/aromatic N) is 1. The highest BCUT2D eigenvalue weighted by molar-refractivity contribution is 8.14. The summed E-state index contributed by atoms with van der Waals surface area (Å²) in [5, 5.41) is 8.43. The van der Waals surface area contributed by atoms with Crippen LogP contribution in [0.25, 0.3) is 10.9 Å². The third kappa shape index (κ3) is 10.2. The van der Waals surface area contributed by atoms with Gasteiger partial charge >= 0.3 is 0 Å². The van der Waals surface area contributed by atoms with Gasteiger partial charge in [0.1, 0.15) is 17.0 Å². The fourth-order valence-corrected chi connectivity index (χ4v) is 6.20. The van der Waals surface area contributed by atoms with Crippen molar-refractivity contribution in [1.82, 2.24) is 10.3 Å². The van der Waals surface area contributed by atoms with Crippen LogP contribution in [0.3, 0.4) is 0 Å². The van der Waals surface area contributed by atoms with Gasteiger partial charge in [-0.05, 0) is 86.6 Å². The van der Waals surface area contributed by atoms with E-state index in [0.29, 0.717) is 66.3 Å². The maximum absolute atomic E-state index is 15.3. The molecule has 1 heterocycles. The Labute approximate surface area is 315 Å². The number of methoxy groups -OCH3 is 1. The maximum atomic E-state index is 15.3. The number of aromatic nitrogens is 1. The number of carbonyl (C=O) groups is 4. The molecule has 0 radical (unpaired) electrons.